The van der Waals surface area contributed by atoms with E-state index in [4.69, 9.17) is 0 Å². The third-order valence-electron chi connectivity index (χ3n) is 2.82. The van der Waals surface area contributed by atoms with E-state index in [0.717, 1.165) is 19.4 Å². The molecule has 88 valence electrons. The Labute approximate surface area is 98.1 Å². The molecule has 1 unspecified atom stereocenters. The van der Waals surface area contributed by atoms with E-state index in [1.54, 1.807) is 6.08 Å². The van der Waals surface area contributed by atoms with Crippen LogP contribution in [0.4, 0.5) is 0 Å². The molecule has 0 aromatic heterocycles. The molecule has 1 saturated heterocycles. The van der Waals surface area contributed by atoms with Gasteiger partial charge in [0.25, 0.3) is 0 Å². The molecule has 0 spiro atoms. The molecule has 15 heavy (non-hydrogen) atoms. The van der Waals surface area contributed by atoms with E-state index in [2.05, 4.69) is 24.1 Å². The topological polar surface area (TPSA) is 41.1 Å². The zero-order chi connectivity index (χ0) is 10.6. The molecule has 0 aromatic rings. The van der Waals surface area contributed by atoms with Gasteiger partial charge in [0.15, 0.2) is 0 Å². The summed E-state index contributed by atoms with van der Waals surface area (Å²) in [6, 6.07) is 0.359. The van der Waals surface area contributed by atoms with Gasteiger partial charge in [-0.3, -0.25) is 4.79 Å². The van der Waals surface area contributed by atoms with Crippen LogP contribution in [0, 0.1) is 5.92 Å². The smallest absolute Gasteiger partial charge is 0.225 e. The van der Waals surface area contributed by atoms with Gasteiger partial charge in [0, 0.05) is 12.1 Å². The van der Waals surface area contributed by atoms with Crippen LogP contribution in [0.15, 0.2) is 12.7 Å². The summed E-state index contributed by atoms with van der Waals surface area (Å²) in [6.07, 6.45) is 3.83. The van der Waals surface area contributed by atoms with Gasteiger partial charge in [-0.2, -0.15) is 0 Å². The van der Waals surface area contributed by atoms with Gasteiger partial charge in [0.1, 0.15) is 0 Å². The molecule has 1 aliphatic rings. The number of carbonyl (C=O) groups excluding carboxylic acids is 1. The van der Waals surface area contributed by atoms with Crippen molar-refractivity contribution in [1.29, 1.82) is 0 Å². The number of hydrogen-bond donors (Lipinski definition) is 2. The molecule has 2 N–H and O–H groups in total. The number of hydrogen-bond acceptors (Lipinski definition) is 2. The van der Waals surface area contributed by atoms with Crippen LogP contribution in [0.5, 0.6) is 0 Å². The van der Waals surface area contributed by atoms with E-state index < -0.39 is 0 Å². The molecule has 0 aromatic carbocycles. The summed E-state index contributed by atoms with van der Waals surface area (Å²) in [5.41, 5.74) is 0. The van der Waals surface area contributed by atoms with Crippen LogP contribution < -0.4 is 10.6 Å². The summed E-state index contributed by atoms with van der Waals surface area (Å²) in [7, 11) is 0. The van der Waals surface area contributed by atoms with E-state index in [1.807, 2.05) is 6.92 Å². The summed E-state index contributed by atoms with van der Waals surface area (Å²) in [5.74, 6) is 0.267. The largest absolute Gasteiger partial charge is 0.350 e. The highest BCUT2D eigenvalue weighted by atomic mass is 35.5. The van der Waals surface area contributed by atoms with E-state index in [9.17, 15) is 4.79 Å². The van der Waals surface area contributed by atoms with Gasteiger partial charge in [-0.15, -0.1) is 19.0 Å². The van der Waals surface area contributed by atoms with Crippen LogP contribution in [0.2, 0.25) is 0 Å². The third-order valence-corrected chi connectivity index (χ3v) is 2.82. The molecule has 1 amide bonds. The minimum atomic E-state index is 0. The number of nitrogens with one attached hydrogen (secondary N) is 2. The molecule has 3 atom stereocenters. The molecule has 4 heteroatoms. The summed E-state index contributed by atoms with van der Waals surface area (Å²) in [4.78, 5) is 11.8. The minimum Gasteiger partial charge on any atom is -0.350 e. The average molecular weight is 233 g/mol. The summed E-state index contributed by atoms with van der Waals surface area (Å²) < 4.78 is 0. The summed E-state index contributed by atoms with van der Waals surface area (Å²) in [6.45, 7) is 8.68. The van der Waals surface area contributed by atoms with Crippen LogP contribution in [0.3, 0.4) is 0 Å². The lowest BCUT2D eigenvalue weighted by Crippen LogP contribution is -2.48. The first kappa shape index (κ1) is 14.5. The van der Waals surface area contributed by atoms with Crippen molar-refractivity contribution >= 4 is 18.3 Å². The van der Waals surface area contributed by atoms with E-state index >= 15 is 0 Å². The van der Waals surface area contributed by atoms with Gasteiger partial charge in [-0.1, -0.05) is 6.08 Å². The van der Waals surface area contributed by atoms with Gasteiger partial charge < -0.3 is 10.6 Å². The lowest BCUT2D eigenvalue weighted by atomic mass is 9.91. The lowest BCUT2D eigenvalue weighted by Gasteiger charge is -2.29. The Morgan fingerprint density at radius 1 is 1.67 bits per heavy atom. The van der Waals surface area contributed by atoms with E-state index in [1.165, 1.54) is 0 Å². The first-order valence-electron chi connectivity index (χ1n) is 5.31. The Bertz CT molecular complexity index is 221. The molecule has 0 bridgehead atoms. The zero-order valence-electron chi connectivity index (χ0n) is 9.45. The van der Waals surface area contributed by atoms with Crippen LogP contribution >= 0.6 is 12.4 Å². The maximum atomic E-state index is 11.8. The molecule has 1 fully saturated rings. The molecule has 0 radical (unpaired) electrons. The Hall–Kier alpha value is -0.540. The van der Waals surface area contributed by atoms with Gasteiger partial charge >= 0.3 is 0 Å². The fourth-order valence-electron chi connectivity index (χ4n) is 1.79. The highest BCUT2D eigenvalue weighted by Crippen LogP contribution is 2.16. The van der Waals surface area contributed by atoms with Crippen molar-refractivity contribution in [2.24, 2.45) is 5.92 Å². The molecule has 1 rings (SSSR count). The van der Waals surface area contributed by atoms with Crippen molar-refractivity contribution in [1.82, 2.24) is 10.6 Å². The molecule has 1 heterocycles. The first-order chi connectivity index (χ1) is 6.65. The predicted octanol–water partition coefficient (Wildman–Crippen LogP) is 1.49. The highest BCUT2D eigenvalue weighted by Gasteiger charge is 2.27. The molecular weight excluding hydrogens is 212 g/mol. The standard InChI is InChI=1S/C11H20N2O.ClH/c1-4-8(2)13-11(14)10-6-5-7-12-9(10)3;/h4,8-10,12H,1,5-7H2,2-3H3,(H,13,14);1H/t8?,9-,10-;/m1./s1. The maximum Gasteiger partial charge on any atom is 0.225 e. The molecule has 3 nitrogen and oxygen atoms in total. The normalized spacial score (nSPS) is 27.3. The number of piperidine rings is 1. The van der Waals surface area contributed by atoms with Crippen molar-refractivity contribution in [3.05, 3.63) is 12.7 Å². The maximum absolute atomic E-state index is 11.8. The van der Waals surface area contributed by atoms with Crippen LogP contribution in [-0.2, 0) is 4.79 Å². The fraction of sp³-hybridized carbons (Fsp3) is 0.727. The lowest BCUT2D eigenvalue weighted by molar-refractivity contribution is -0.126. The number of amides is 1. The average Bonchev–Trinajstić information content (AvgIpc) is 2.18. The quantitative estimate of drug-likeness (QED) is 0.724. The third kappa shape index (κ3) is 4.22. The number of carbonyl (C=O) groups is 1. The Kier molecular flexibility index (Phi) is 6.61. The van der Waals surface area contributed by atoms with Crippen molar-refractivity contribution in [2.45, 2.75) is 38.8 Å². The Morgan fingerprint density at radius 3 is 2.87 bits per heavy atom. The van der Waals surface area contributed by atoms with Crippen molar-refractivity contribution in [3.63, 3.8) is 0 Å². The second kappa shape index (κ2) is 6.85. The second-order valence-corrected chi connectivity index (χ2v) is 4.02. The van der Waals surface area contributed by atoms with Crippen LogP contribution in [0.1, 0.15) is 26.7 Å². The summed E-state index contributed by atoms with van der Waals surface area (Å²) >= 11 is 0. The SMILES string of the molecule is C=CC(C)NC(=O)[C@@H]1CCCN[C@@H]1C.Cl. The molecule has 0 aliphatic carbocycles. The highest BCUT2D eigenvalue weighted by molar-refractivity contribution is 5.85. The predicted molar refractivity (Wildman–Crippen MR) is 65.2 cm³/mol. The molecule has 1 aliphatic heterocycles. The van der Waals surface area contributed by atoms with E-state index in [0.29, 0.717) is 6.04 Å². The van der Waals surface area contributed by atoms with Crippen LogP contribution in [-0.4, -0.2) is 24.5 Å². The van der Waals surface area contributed by atoms with Gasteiger partial charge in [0.05, 0.1) is 5.92 Å². The summed E-state index contributed by atoms with van der Waals surface area (Å²) in [5, 5.41) is 6.25. The Morgan fingerprint density at radius 2 is 2.33 bits per heavy atom. The monoisotopic (exact) mass is 232 g/mol. The van der Waals surface area contributed by atoms with Gasteiger partial charge in [-0.25, -0.2) is 0 Å². The van der Waals surface area contributed by atoms with Crippen molar-refractivity contribution in [3.8, 4) is 0 Å². The number of rotatable bonds is 3. The second-order valence-electron chi connectivity index (χ2n) is 4.02. The van der Waals surface area contributed by atoms with Crippen LogP contribution in [0.25, 0.3) is 0 Å². The van der Waals surface area contributed by atoms with Gasteiger partial charge in [-0.05, 0) is 33.2 Å². The first-order valence-corrected chi connectivity index (χ1v) is 5.31. The van der Waals surface area contributed by atoms with Crippen molar-refractivity contribution in [2.75, 3.05) is 6.54 Å². The van der Waals surface area contributed by atoms with E-state index in [-0.39, 0.29) is 30.3 Å². The fourth-order valence-corrected chi connectivity index (χ4v) is 1.79. The minimum absolute atomic E-state index is 0. The van der Waals surface area contributed by atoms with Crippen molar-refractivity contribution < 1.29 is 4.79 Å². The Balaban J connectivity index is 0.00000196. The van der Waals surface area contributed by atoms with Gasteiger partial charge in [0.2, 0.25) is 5.91 Å². The molecule has 0 saturated carbocycles. The zero-order valence-corrected chi connectivity index (χ0v) is 10.3. The molecular formula is C11H21ClN2O. The number of halogens is 1.